The van der Waals surface area contributed by atoms with E-state index in [2.05, 4.69) is 31.4 Å². The predicted octanol–water partition coefficient (Wildman–Crippen LogP) is 2.40. The molecule has 1 aromatic heterocycles. The standard InChI is InChI=1S/C11H11BrFN3O/c1-14-3-2-10-15-11(16-17-10)7-4-8(12)6-9(13)5-7/h4-6,14H,2-3H2,1H3. The molecular formula is C11H11BrFN3O. The molecule has 0 unspecified atom stereocenters. The van der Waals surface area contributed by atoms with E-state index in [1.807, 2.05) is 7.05 Å². The van der Waals surface area contributed by atoms with E-state index in [1.54, 1.807) is 6.07 Å². The smallest absolute Gasteiger partial charge is 0.228 e. The lowest BCUT2D eigenvalue weighted by Gasteiger charge is -1.96. The summed E-state index contributed by atoms with van der Waals surface area (Å²) in [5.41, 5.74) is 0.594. The summed E-state index contributed by atoms with van der Waals surface area (Å²) in [7, 11) is 1.85. The van der Waals surface area contributed by atoms with E-state index in [-0.39, 0.29) is 5.82 Å². The summed E-state index contributed by atoms with van der Waals surface area (Å²) in [5, 5.41) is 6.81. The third-order valence-electron chi connectivity index (χ3n) is 2.18. The van der Waals surface area contributed by atoms with Crippen LogP contribution in [-0.4, -0.2) is 23.7 Å². The SMILES string of the molecule is CNCCc1nc(-c2cc(F)cc(Br)c2)no1. The first kappa shape index (κ1) is 12.2. The molecule has 17 heavy (non-hydrogen) atoms. The van der Waals surface area contributed by atoms with Gasteiger partial charge in [0.1, 0.15) is 5.82 Å². The van der Waals surface area contributed by atoms with E-state index in [4.69, 9.17) is 4.52 Å². The molecule has 0 aliphatic carbocycles. The zero-order chi connectivity index (χ0) is 12.3. The van der Waals surface area contributed by atoms with Crippen LogP contribution in [0.2, 0.25) is 0 Å². The second-order valence-corrected chi connectivity index (χ2v) is 4.44. The summed E-state index contributed by atoms with van der Waals surface area (Å²) < 4.78 is 18.9. The van der Waals surface area contributed by atoms with E-state index in [1.165, 1.54) is 12.1 Å². The van der Waals surface area contributed by atoms with Crippen molar-refractivity contribution in [3.63, 3.8) is 0 Å². The molecule has 0 radical (unpaired) electrons. The molecule has 1 aromatic carbocycles. The van der Waals surface area contributed by atoms with Crippen LogP contribution in [0.1, 0.15) is 5.89 Å². The van der Waals surface area contributed by atoms with Gasteiger partial charge in [0, 0.05) is 23.0 Å². The number of nitrogens with zero attached hydrogens (tertiary/aromatic N) is 2. The molecule has 0 fully saturated rings. The molecule has 0 atom stereocenters. The zero-order valence-electron chi connectivity index (χ0n) is 9.20. The minimum Gasteiger partial charge on any atom is -0.339 e. The van der Waals surface area contributed by atoms with Crippen molar-refractivity contribution < 1.29 is 8.91 Å². The van der Waals surface area contributed by atoms with Crippen LogP contribution in [0, 0.1) is 5.82 Å². The summed E-state index contributed by atoms with van der Waals surface area (Å²) in [5.74, 6) is 0.599. The first-order valence-electron chi connectivity index (χ1n) is 5.12. The fraction of sp³-hybridized carbons (Fsp3) is 0.273. The van der Waals surface area contributed by atoms with Crippen molar-refractivity contribution in [2.75, 3.05) is 13.6 Å². The van der Waals surface area contributed by atoms with Gasteiger partial charge in [0.15, 0.2) is 0 Å². The lowest BCUT2D eigenvalue weighted by Crippen LogP contribution is -2.10. The highest BCUT2D eigenvalue weighted by Gasteiger charge is 2.09. The Morgan fingerprint density at radius 1 is 1.41 bits per heavy atom. The predicted molar refractivity (Wildman–Crippen MR) is 65.0 cm³/mol. The van der Waals surface area contributed by atoms with Crippen LogP contribution in [0.4, 0.5) is 4.39 Å². The van der Waals surface area contributed by atoms with Gasteiger partial charge in [-0.15, -0.1) is 0 Å². The van der Waals surface area contributed by atoms with Gasteiger partial charge in [0.05, 0.1) is 0 Å². The number of likely N-dealkylation sites (N-methyl/N-ethyl adjacent to an activating group) is 1. The summed E-state index contributed by atoms with van der Waals surface area (Å²) in [6.07, 6.45) is 0.653. The highest BCUT2D eigenvalue weighted by molar-refractivity contribution is 9.10. The molecule has 0 aliphatic rings. The number of hydrogen-bond donors (Lipinski definition) is 1. The summed E-state index contributed by atoms with van der Waals surface area (Å²) >= 11 is 3.22. The Balaban J connectivity index is 2.24. The summed E-state index contributed by atoms with van der Waals surface area (Å²) in [6, 6.07) is 4.50. The Hall–Kier alpha value is -1.27. The molecule has 1 N–H and O–H groups in total. The molecule has 0 saturated heterocycles. The van der Waals surface area contributed by atoms with Gasteiger partial charge in [-0.2, -0.15) is 4.98 Å². The maximum absolute atomic E-state index is 13.2. The molecule has 6 heteroatoms. The number of rotatable bonds is 4. The minimum atomic E-state index is -0.337. The van der Waals surface area contributed by atoms with Gasteiger partial charge in [-0.1, -0.05) is 21.1 Å². The third kappa shape index (κ3) is 3.10. The van der Waals surface area contributed by atoms with Gasteiger partial charge in [-0.3, -0.25) is 0 Å². The molecule has 2 aromatic rings. The second kappa shape index (κ2) is 5.37. The van der Waals surface area contributed by atoms with Gasteiger partial charge in [-0.05, 0) is 25.2 Å². The molecule has 2 rings (SSSR count). The molecule has 0 aliphatic heterocycles. The van der Waals surface area contributed by atoms with Crippen molar-refractivity contribution in [1.82, 2.24) is 15.5 Å². The summed E-state index contributed by atoms with van der Waals surface area (Å²) in [4.78, 5) is 4.19. The second-order valence-electron chi connectivity index (χ2n) is 3.52. The summed E-state index contributed by atoms with van der Waals surface area (Å²) in [6.45, 7) is 0.758. The molecule has 1 heterocycles. The number of hydrogen-bond acceptors (Lipinski definition) is 4. The van der Waals surface area contributed by atoms with Gasteiger partial charge in [0.2, 0.25) is 11.7 Å². The molecule has 4 nitrogen and oxygen atoms in total. The number of nitrogens with one attached hydrogen (secondary N) is 1. The monoisotopic (exact) mass is 299 g/mol. The molecule has 0 bridgehead atoms. The molecule has 0 spiro atoms. The number of benzene rings is 1. The Morgan fingerprint density at radius 2 is 2.24 bits per heavy atom. The highest BCUT2D eigenvalue weighted by Crippen LogP contribution is 2.22. The largest absolute Gasteiger partial charge is 0.339 e. The lowest BCUT2D eigenvalue weighted by molar-refractivity contribution is 0.377. The quantitative estimate of drug-likeness (QED) is 0.942. The number of halogens is 2. The fourth-order valence-electron chi connectivity index (χ4n) is 1.39. The van der Waals surface area contributed by atoms with Gasteiger partial charge >= 0.3 is 0 Å². The zero-order valence-corrected chi connectivity index (χ0v) is 10.8. The minimum absolute atomic E-state index is 0.337. The highest BCUT2D eigenvalue weighted by atomic mass is 79.9. The van der Waals surface area contributed by atoms with E-state index < -0.39 is 0 Å². The fourth-order valence-corrected chi connectivity index (χ4v) is 1.85. The van der Waals surface area contributed by atoms with Crippen LogP contribution in [0.15, 0.2) is 27.2 Å². The van der Waals surface area contributed by atoms with Gasteiger partial charge < -0.3 is 9.84 Å². The molecular weight excluding hydrogens is 289 g/mol. The van der Waals surface area contributed by atoms with E-state index >= 15 is 0 Å². The molecule has 0 saturated carbocycles. The molecule has 0 amide bonds. The first-order valence-corrected chi connectivity index (χ1v) is 5.92. The van der Waals surface area contributed by atoms with Crippen LogP contribution in [0.25, 0.3) is 11.4 Å². The van der Waals surface area contributed by atoms with E-state index in [9.17, 15) is 4.39 Å². The average molecular weight is 300 g/mol. The topological polar surface area (TPSA) is 51.0 Å². The lowest BCUT2D eigenvalue weighted by atomic mass is 10.2. The van der Waals surface area contributed by atoms with Crippen molar-refractivity contribution in [3.8, 4) is 11.4 Å². The maximum Gasteiger partial charge on any atom is 0.228 e. The molecule has 90 valence electrons. The van der Waals surface area contributed by atoms with Crippen molar-refractivity contribution in [3.05, 3.63) is 34.4 Å². The number of aromatic nitrogens is 2. The van der Waals surface area contributed by atoms with E-state index in [0.717, 1.165) is 6.54 Å². The maximum atomic E-state index is 13.2. The van der Waals surface area contributed by atoms with Crippen molar-refractivity contribution in [2.24, 2.45) is 0 Å². The van der Waals surface area contributed by atoms with Crippen molar-refractivity contribution >= 4 is 15.9 Å². The first-order chi connectivity index (χ1) is 8.19. The van der Waals surface area contributed by atoms with Crippen LogP contribution in [0.3, 0.4) is 0 Å². The van der Waals surface area contributed by atoms with Gasteiger partial charge in [-0.25, -0.2) is 4.39 Å². The van der Waals surface area contributed by atoms with E-state index in [0.29, 0.717) is 28.2 Å². The van der Waals surface area contributed by atoms with Gasteiger partial charge in [0.25, 0.3) is 0 Å². The third-order valence-corrected chi connectivity index (χ3v) is 2.64. The van der Waals surface area contributed by atoms with Crippen molar-refractivity contribution in [2.45, 2.75) is 6.42 Å². The Kier molecular flexibility index (Phi) is 3.86. The Bertz CT molecular complexity index is 495. The Morgan fingerprint density at radius 3 is 2.94 bits per heavy atom. The van der Waals surface area contributed by atoms with Crippen LogP contribution in [-0.2, 0) is 6.42 Å². The van der Waals surface area contributed by atoms with Crippen LogP contribution < -0.4 is 5.32 Å². The average Bonchev–Trinajstić information content (AvgIpc) is 2.73. The normalized spacial score (nSPS) is 10.8. The van der Waals surface area contributed by atoms with Crippen LogP contribution >= 0.6 is 15.9 Å². The Labute approximate surface area is 106 Å². The van der Waals surface area contributed by atoms with Crippen LogP contribution in [0.5, 0.6) is 0 Å². The van der Waals surface area contributed by atoms with Crippen molar-refractivity contribution in [1.29, 1.82) is 0 Å².